The first-order chi connectivity index (χ1) is 10.0. The van der Waals surface area contributed by atoms with Gasteiger partial charge in [0.15, 0.2) is 0 Å². The number of sulfonamides is 1. The van der Waals surface area contributed by atoms with Gasteiger partial charge < -0.3 is 4.90 Å². The van der Waals surface area contributed by atoms with Crippen LogP contribution >= 0.6 is 0 Å². The fraction of sp³-hybridized carbons (Fsp3) is 0.308. The van der Waals surface area contributed by atoms with Gasteiger partial charge in [-0.3, -0.25) is 4.98 Å². The Balaban J connectivity index is 1.75. The van der Waals surface area contributed by atoms with Gasteiger partial charge in [0, 0.05) is 31.4 Å². The zero-order valence-electron chi connectivity index (χ0n) is 11.3. The molecule has 0 amide bonds. The SMILES string of the molecule is NS(=O)(=O)c1cnc(N2CCC(c3ccncc3)C2)nc1. The lowest BCUT2D eigenvalue weighted by molar-refractivity contribution is 0.597. The van der Waals surface area contributed by atoms with E-state index in [0.29, 0.717) is 11.9 Å². The van der Waals surface area contributed by atoms with Gasteiger partial charge in [0.2, 0.25) is 16.0 Å². The Morgan fingerprint density at radius 2 is 1.86 bits per heavy atom. The summed E-state index contributed by atoms with van der Waals surface area (Å²) >= 11 is 0. The largest absolute Gasteiger partial charge is 0.340 e. The minimum atomic E-state index is -3.75. The Bertz CT molecular complexity index is 718. The summed E-state index contributed by atoms with van der Waals surface area (Å²) in [7, 11) is -3.75. The summed E-state index contributed by atoms with van der Waals surface area (Å²) in [6.45, 7) is 1.64. The van der Waals surface area contributed by atoms with Crippen molar-refractivity contribution in [2.24, 2.45) is 5.14 Å². The highest BCUT2D eigenvalue weighted by Gasteiger charge is 2.25. The molecule has 7 nitrogen and oxygen atoms in total. The highest BCUT2D eigenvalue weighted by Crippen LogP contribution is 2.28. The molecule has 0 bridgehead atoms. The van der Waals surface area contributed by atoms with E-state index in [-0.39, 0.29) is 4.90 Å². The molecule has 1 fully saturated rings. The molecule has 1 aliphatic rings. The lowest BCUT2D eigenvalue weighted by atomic mass is 10.00. The maximum absolute atomic E-state index is 11.2. The summed E-state index contributed by atoms with van der Waals surface area (Å²) in [5.74, 6) is 0.938. The van der Waals surface area contributed by atoms with Gasteiger partial charge >= 0.3 is 0 Å². The summed E-state index contributed by atoms with van der Waals surface area (Å²) in [4.78, 5) is 14.2. The Labute approximate surface area is 122 Å². The number of anilines is 1. The molecular formula is C13H15N5O2S. The molecule has 1 unspecified atom stereocenters. The van der Waals surface area contributed by atoms with Crippen LogP contribution in [0, 0.1) is 0 Å². The third kappa shape index (κ3) is 3.01. The van der Waals surface area contributed by atoms with Gasteiger partial charge in [-0.25, -0.2) is 23.5 Å². The van der Waals surface area contributed by atoms with Crippen LogP contribution in [-0.4, -0.2) is 36.5 Å². The van der Waals surface area contributed by atoms with Crippen molar-refractivity contribution < 1.29 is 8.42 Å². The minimum Gasteiger partial charge on any atom is -0.340 e. The third-order valence-corrected chi connectivity index (χ3v) is 4.46. The Kier molecular flexibility index (Phi) is 3.56. The van der Waals surface area contributed by atoms with Crippen LogP contribution in [0.25, 0.3) is 0 Å². The molecule has 0 radical (unpaired) electrons. The number of nitrogens with two attached hydrogens (primary N) is 1. The first-order valence-electron chi connectivity index (χ1n) is 6.54. The van der Waals surface area contributed by atoms with Gasteiger partial charge in [0.25, 0.3) is 0 Å². The van der Waals surface area contributed by atoms with Gasteiger partial charge in [-0.05, 0) is 24.1 Å². The van der Waals surface area contributed by atoms with Crippen LogP contribution in [0.15, 0.2) is 41.8 Å². The predicted octanol–water partition coefficient (Wildman–Crippen LogP) is 0.513. The van der Waals surface area contributed by atoms with Crippen molar-refractivity contribution >= 4 is 16.0 Å². The van der Waals surface area contributed by atoms with E-state index in [2.05, 4.69) is 15.0 Å². The van der Waals surface area contributed by atoms with Crippen LogP contribution in [0.2, 0.25) is 0 Å². The Hall–Kier alpha value is -2.06. The van der Waals surface area contributed by atoms with Crippen molar-refractivity contribution in [1.82, 2.24) is 15.0 Å². The number of primary sulfonamides is 1. The number of pyridine rings is 1. The quantitative estimate of drug-likeness (QED) is 0.886. The average Bonchev–Trinajstić information content (AvgIpc) is 2.97. The van der Waals surface area contributed by atoms with Crippen molar-refractivity contribution in [3.8, 4) is 0 Å². The van der Waals surface area contributed by atoms with E-state index in [1.165, 1.54) is 18.0 Å². The number of hydrogen-bond acceptors (Lipinski definition) is 6. The number of hydrogen-bond donors (Lipinski definition) is 1. The number of nitrogens with zero attached hydrogens (tertiary/aromatic N) is 4. The molecule has 2 aromatic rings. The molecule has 2 N–H and O–H groups in total. The van der Waals surface area contributed by atoms with Crippen LogP contribution in [0.5, 0.6) is 0 Å². The van der Waals surface area contributed by atoms with Crippen LogP contribution in [0.1, 0.15) is 17.9 Å². The fourth-order valence-corrected chi connectivity index (χ4v) is 2.87. The highest BCUT2D eigenvalue weighted by atomic mass is 32.2. The van der Waals surface area contributed by atoms with E-state index in [0.717, 1.165) is 19.5 Å². The molecule has 2 aromatic heterocycles. The van der Waals surface area contributed by atoms with Crippen LogP contribution in [0.4, 0.5) is 5.95 Å². The fourth-order valence-electron chi connectivity index (χ4n) is 2.47. The van der Waals surface area contributed by atoms with Gasteiger partial charge in [-0.2, -0.15) is 0 Å². The average molecular weight is 305 g/mol. The predicted molar refractivity (Wildman–Crippen MR) is 77.2 cm³/mol. The second kappa shape index (κ2) is 5.38. The van der Waals surface area contributed by atoms with Gasteiger partial charge in [0.05, 0.1) is 12.4 Å². The summed E-state index contributed by atoms with van der Waals surface area (Å²) in [6.07, 6.45) is 7.07. The molecular weight excluding hydrogens is 290 g/mol. The van der Waals surface area contributed by atoms with Crippen molar-refractivity contribution in [2.75, 3.05) is 18.0 Å². The van der Waals surface area contributed by atoms with Gasteiger partial charge in [0.1, 0.15) is 4.90 Å². The van der Waals surface area contributed by atoms with E-state index in [1.54, 1.807) is 12.4 Å². The van der Waals surface area contributed by atoms with E-state index in [4.69, 9.17) is 5.14 Å². The van der Waals surface area contributed by atoms with Gasteiger partial charge in [-0.15, -0.1) is 0 Å². The third-order valence-electron chi connectivity index (χ3n) is 3.59. The molecule has 0 aromatic carbocycles. The second-order valence-corrected chi connectivity index (χ2v) is 6.54. The number of rotatable bonds is 3. The summed E-state index contributed by atoms with van der Waals surface area (Å²) in [6, 6.07) is 4.03. The van der Waals surface area contributed by atoms with Crippen LogP contribution < -0.4 is 10.0 Å². The maximum atomic E-state index is 11.2. The lowest BCUT2D eigenvalue weighted by Gasteiger charge is -2.16. The Morgan fingerprint density at radius 3 is 2.48 bits per heavy atom. The van der Waals surface area contributed by atoms with Crippen LogP contribution in [0.3, 0.4) is 0 Å². The molecule has 3 rings (SSSR count). The van der Waals surface area contributed by atoms with E-state index >= 15 is 0 Å². The summed E-state index contributed by atoms with van der Waals surface area (Å²) < 4.78 is 22.4. The van der Waals surface area contributed by atoms with E-state index in [9.17, 15) is 8.42 Å². The molecule has 8 heteroatoms. The molecule has 0 saturated carbocycles. The molecule has 21 heavy (non-hydrogen) atoms. The standard InChI is InChI=1S/C13H15N5O2S/c14-21(19,20)12-7-16-13(17-8-12)18-6-3-11(9-18)10-1-4-15-5-2-10/h1-2,4-5,7-8,11H,3,6,9H2,(H2,14,19,20). The van der Waals surface area contributed by atoms with E-state index in [1.807, 2.05) is 17.0 Å². The first kappa shape index (κ1) is 13.9. The van der Waals surface area contributed by atoms with Crippen molar-refractivity contribution in [3.05, 3.63) is 42.5 Å². The first-order valence-corrected chi connectivity index (χ1v) is 8.08. The molecule has 0 aliphatic carbocycles. The lowest BCUT2D eigenvalue weighted by Crippen LogP contribution is -2.22. The minimum absolute atomic E-state index is 0.0730. The highest BCUT2D eigenvalue weighted by molar-refractivity contribution is 7.89. The smallest absolute Gasteiger partial charge is 0.241 e. The van der Waals surface area contributed by atoms with Crippen LogP contribution in [-0.2, 0) is 10.0 Å². The molecule has 0 spiro atoms. The molecule has 1 aliphatic heterocycles. The normalized spacial score (nSPS) is 18.9. The van der Waals surface area contributed by atoms with Crippen molar-refractivity contribution in [3.63, 3.8) is 0 Å². The number of aromatic nitrogens is 3. The zero-order valence-corrected chi connectivity index (χ0v) is 12.1. The van der Waals surface area contributed by atoms with E-state index < -0.39 is 10.0 Å². The zero-order chi connectivity index (χ0) is 14.9. The van der Waals surface area contributed by atoms with Crippen molar-refractivity contribution in [2.45, 2.75) is 17.2 Å². The second-order valence-electron chi connectivity index (χ2n) is 4.98. The molecule has 110 valence electrons. The Morgan fingerprint density at radius 1 is 1.19 bits per heavy atom. The maximum Gasteiger partial charge on any atom is 0.241 e. The monoisotopic (exact) mass is 305 g/mol. The molecule has 1 saturated heterocycles. The molecule has 3 heterocycles. The molecule has 1 atom stereocenters. The summed E-state index contributed by atoms with van der Waals surface area (Å²) in [5, 5.41) is 5.03. The topological polar surface area (TPSA) is 102 Å². The van der Waals surface area contributed by atoms with Gasteiger partial charge in [-0.1, -0.05) is 0 Å². The van der Waals surface area contributed by atoms with Crippen molar-refractivity contribution in [1.29, 1.82) is 0 Å². The summed E-state index contributed by atoms with van der Waals surface area (Å²) in [5.41, 5.74) is 1.24.